The maximum atomic E-state index is 12.5. The number of aliphatic imine (C=N–C) groups is 1. The van der Waals surface area contributed by atoms with Crippen LogP contribution in [0.25, 0.3) is 0 Å². The minimum Gasteiger partial charge on any atom is -0.497 e. The van der Waals surface area contributed by atoms with Gasteiger partial charge in [0.2, 0.25) is 0 Å². The van der Waals surface area contributed by atoms with Crippen LogP contribution < -0.4 is 20.1 Å². The Balaban J connectivity index is 0.00000312. The molecule has 142 valence electrons. The first-order valence-corrected chi connectivity index (χ1v) is 8.26. The zero-order chi connectivity index (χ0) is 17.4. The molecule has 1 saturated carbocycles. The molecular weight excluding hydrogens is 443 g/mol. The molecule has 0 aromatic heterocycles. The number of nitrogens with zero attached hydrogens (tertiary/aromatic N) is 1. The smallest absolute Gasteiger partial charge is 0.387 e. The molecule has 1 aromatic rings. The van der Waals surface area contributed by atoms with Gasteiger partial charge in [0.15, 0.2) is 5.96 Å². The zero-order valence-electron chi connectivity index (χ0n) is 14.6. The predicted molar refractivity (Wildman–Crippen MR) is 105 cm³/mol. The average Bonchev–Trinajstić information content (AvgIpc) is 3.37. The van der Waals surface area contributed by atoms with Gasteiger partial charge in [-0.25, -0.2) is 4.99 Å². The van der Waals surface area contributed by atoms with Crippen LogP contribution in [-0.2, 0) is 6.54 Å². The van der Waals surface area contributed by atoms with E-state index in [4.69, 9.17) is 4.74 Å². The number of ether oxygens (including phenoxy) is 2. The molecule has 0 aliphatic heterocycles. The van der Waals surface area contributed by atoms with Gasteiger partial charge in [0, 0.05) is 18.7 Å². The summed E-state index contributed by atoms with van der Waals surface area (Å²) in [4.78, 5) is 4.46. The summed E-state index contributed by atoms with van der Waals surface area (Å²) >= 11 is 0. The van der Waals surface area contributed by atoms with Crippen LogP contribution in [0, 0.1) is 5.92 Å². The number of hydrogen-bond donors (Lipinski definition) is 2. The maximum Gasteiger partial charge on any atom is 0.387 e. The molecule has 25 heavy (non-hydrogen) atoms. The van der Waals surface area contributed by atoms with Crippen molar-refractivity contribution in [1.82, 2.24) is 10.6 Å². The second-order valence-electron chi connectivity index (χ2n) is 5.71. The first-order valence-electron chi connectivity index (χ1n) is 8.26. The molecule has 0 radical (unpaired) electrons. The van der Waals surface area contributed by atoms with Crippen LogP contribution in [-0.4, -0.2) is 32.8 Å². The molecule has 2 rings (SSSR count). The lowest BCUT2D eigenvalue weighted by Crippen LogP contribution is -2.37. The minimum atomic E-state index is -2.87. The van der Waals surface area contributed by atoms with Crippen LogP contribution in [0.1, 0.15) is 31.7 Å². The van der Waals surface area contributed by atoms with Gasteiger partial charge in [-0.05, 0) is 37.5 Å². The van der Waals surface area contributed by atoms with E-state index in [0.717, 1.165) is 25.4 Å². The molecule has 0 unspecified atom stereocenters. The van der Waals surface area contributed by atoms with E-state index in [0.29, 0.717) is 17.3 Å². The van der Waals surface area contributed by atoms with Crippen molar-refractivity contribution < 1.29 is 18.3 Å². The van der Waals surface area contributed by atoms with Gasteiger partial charge in [0.05, 0.1) is 13.7 Å². The molecule has 8 heteroatoms. The summed E-state index contributed by atoms with van der Waals surface area (Å²) < 4.78 is 34.8. The topological polar surface area (TPSA) is 54.9 Å². The van der Waals surface area contributed by atoms with Crippen molar-refractivity contribution >= 4 is 29.9 Å². The molecular formula is C17H26F2IN3O2. The third-order valence-electron chi connectivity index (χ3n) is 3.78. The van der Waals surface area contributed by atoms with Crippen molar-refractivity contribution in [2.75, 3.05) is 20.2 Å². The summed E-state index contributed by atoms with van der Waals surface area (Å²) in [5.74, 6) is 2.20. The van der Waals surface area contributed by atoms with Crippen molar-refractivity contribution in [3.05, 3.63) is 23.8 Å². The quantitative estimate of drug-likeness (QED) is 0.329. The molecule has 0 bridgehead atoms. The lowest BCUT2D eigenvalue weighted by atomic mass is 10.2. The van der Waals surface area contributed by atoms with E-state index < -0.39 is 6.61 Å². The second kappa shape index (κ2) is 11.3. The Hall–Kier alpha value is -1.32. The summed E-state index contributed by atoms with van der Waals surface area (Å²) in [6.45, 7) is 0.918. The van der Waals surface area contributed by atoms with Crippen molar-refractivity contribution in [2.24, 2.45) is 10.9 Å². The zero-order valence-corrected chi connectivity index (χ0v) is 16.9. The van der Waals surface area contributed by atoms with E-state index in [-0.39, 0.29) is 36.3 Å². The van der Waals surface area contributed by atoms with E-state index >= 15 is 0 Å². The standard InChI is InChI=1S/C17H25F2N3O2.HI/c1-3-20-17(21-9-8-12-4-5-12)22-11-13-10-14(23-2)6-7-15(13)24-16(18)19;/h6-7,10,12,16H,3-5,8-9,11H2,1-2H3,(H2,20,21,22);1H. The van der Waals surface area contributed by atoms with Gasteiger partial charge in [0.1, 0.15) is 11.5 Å². The lowest BCUT2D eigenvalue weighted by molar-refractivity contribution is -0.0504. The molecule has 5 nitrogen and oxygen atoms in total. The summed E-state index contributed by atoms with van der Waals surface area (Å²) in [6, 6.07) is 4.72. The highest BCUT2D eigenvalue weighted by Gasteiger charge is 2.20. The van der Waals surface area contributed by atoms with Crippen LogP contribution >= 0.6 is 24.0 Å². The molecule has 0 spiro atoms. The van der Waals surface area contributed by atoms with Crippen LogP contribution in [0.2, 0.25) is 0 Å². The van der Waals surface area contributed by atoms with Gasteiger partial charge >= 0.3 is 6.61 Å². The SMILES string of the molecule is CCNC(=NCc1cc(OC)ccc1OC(F)F)NCCC1CC1.I. The Morgan fingerprint density at radius 2 is 2.08 bits per heavy atom. The Kier molecular flexibility index (Phi) is 9.84. The Labute approximate surface area is 164 Å². The summed E-state index contributed by atoms with van der Waals surface area (Å²) in [5, 5.41) is 6.42. The predicted octanol–water partition coefficient (Wildman–Crippen LogP) is 3.77. The van der Waals surface area contributed by atoms with E-state index in [1.165, 1.54) is 26.0 Å². The van der Waals surface area contributed by atoms with Crippen molar-refractivity contribution in [1.29, 1.82) is 0 Å². The third-order valence-corrected chi connectivity index (χ3v) is 3.78. The fraction of sp³-hybridized carbons (Fsp3) is 0.588. The van der Waals surface area contributed by atoms with Gasteiger partial charge < -0.3 is 20.1 Å². The number of rotatable bonds is 9. The number of methoxy groups -OCH3 is 1. The highest BCUT2D eigenvalue weighted by atomic mass is 127. The van der Waals surface area contributed by atoms with Gasteiger partial charge in [-0.15, -0.1) is 24.0 Å². The highest BCUT2D eigenvalue weighted by Crippen LogP contribution is 2.31. The Morgan fingerprint density at radius 3 is 2.68 bits per heavy atom. The van der Waals surface area contributed by atoms with Crippen LogP contribution in [0.4, 0.5) is 8.78 Å². The first kappa shape index (κ1) is 21.7. The van der Waals surface area contributed by atoms with Gasteiger partial charge in [-0.2, -0.15) is 8.78 Å². The monoisotopic (exact) mass is 469 g/mol. The minimum absolute atomic E-state index is 0. The van der Waals surface area contributed by atoms with Gasteiger partial charge in [-0.1, -0.05) is 12.8 Å². The van der Waals surface area contributed by atoms with Crippen LogP contribution in [0.15, 0.2) is 23.2 Å². The fourth-order valence-electron chi connectivity index (χ4n) is 2.32. The number of hydrogen-bond acceptors (Lipinski definition) is 3. The Morgan fingerprint density at radius 1 is 1.32 bits per heavy atom. The van der Waals surface area contributed by atoms with Gasteiger partial charge in [0.25, 0.3) is 0 Å². The highest BCUT2D eigenvalue weighted by molar-refractivity contribution is 14.0. The summed E-state index contributed by atoms with van der Waals surface area (Å²) in [6.07, 6.45) is 3.75. The lowest BCUT2D eigenvalue weighted by Gasteiger charge is -2.13. The average molecular weight is 469 g/mol. The van der Waals surface area contributed by atoms with E-state index in [1.807, 2.05) is 6.92 Å². The second-order valence-corrected chi connectivity index (χ2v) is 5.71. The summed E-state index contributed by atoms with van der Waals surface area (Å²) in [7, 11) is 1.53. The molecule has 0 amide bonds. The molecule has 1 aliphatic carbocycles. The van der Waals surface area contributed by atoms with Crippen molar-refractivity contribution in [3.63, 3.8) is 0 Å². The first-order chi connectivity index (χ1) is 11.6. The molecule has 0 heterocycles. The molecule has 0 atom stereocenters. The van der Waals surface area contributed by atoms with Crippen LogP contribution in [0.5, 0.6) is 11.5 Å². The Bertz CT molecular complexity index is 555. The number of nitrogens with one attached hydrogen (secondary N) is 2. The largest absolute Gasteiger partial charge is 0.497 e. The number of alkyl halides is 2. The number of benzene rings is 1. The molecule has 1 fully saturated rings. The van der Waals surface area contributed by atoms with Crippen LogP contribution in [0.3, 0.4) is 0 Å². The van der Waals surface area contributed by atoms with E-state index in [9.17, 15) is 8.78 Å². The van der Waals surface area contributed by atoms with E-state index in [1.54, 1.807) is 12.1 Å². The van der Waals surface area contributed by atoms with Crippen molar-refractivity contribution in [3.8, 4) is 11.5 Å². The molecule has 1 aliphatic rings. The molecule has 0 saturated heterocycles. The number of halogens is 3. The fourth-order valence-corrected chi connectivity index (χ4v) is 2.32. The van der Waals surface area contributed by atoms with Crippen molar-refractivity contribution in [2.45, 2.75) is 39.3 Å². The van der Waals surface area contributed by atoms with E-state index in [2.05, 4.69) is 20.4 Å². The number of guanidine groups is 1. The molecule has 2 N–H and O–H groups in total. The normalized spacial score (nSPS) is 14.0. The third kappa shape index (κ3) is 8.06. The maximum absolute atomic E-state index is 12.5. The van der Waals surface area contributed by atoms with Gasteiger partial charge in [-0.3, -0.25) is 0 Å². The molecule has 1 aromatic carbocycles. The summed E-state index contributed by atoms with van der Waals surface area (Å²) in [5.41, 5.74) is 0.550.